The predicted octanol–water partition coefficient (Wildman–Crippen LogP) is 4.48. The van der Waals surface area contributed by atoms with Gasteiger partial charge in [0, 0.05) is 17.7 Å². The van der Waals surface area contributed by atoms with E-state index in [4.69, 9.17) is 9.47 Å². The van der Waals surface area contributed by atoms with Gasteiger partial charge in [-0.1, -0.05) is 34.1 Å². The third-order valence-electron chi connectivity index (χ3n) is 7.93. The number of aliphatic hydroxyl groups excluding tert-OH is 2. The van der Waals surface area contributed by atoms with E-state index in [-0.39, 0.29) is 29.8 Å². The second kappa shape index (κ2) is 10.8. The Labute approximate surface area is 212 Å². The molecule has 1 aromatic heterocycles. The summed E-state index contributed by atoms with van der Waals surface area (Å²) in [7, 11) is 0. The van der Waals surface area contributed by atoms with E-state index in [1.807, 2.05) is 32.2 Å². The number of epoxide rings is 1. The van der Waals surface area contributed by atoms with Crippen molar-refractivity contribution < 1.29 is 29.3 Å². The van der Waals surface area contributed by atoms with E-state index in [1.54, 1.807) is 32.1 Å². The van der Waals surface area contributed by atoms with E-state index in [2.05, 4.69) is 11.9 Å². The zero-order valence-electron chi connectivity index (χ0n) is 22.0. The third kappa shape index (κ3) is 6.59. The summed E-state index contributed by atoms with van der Waals surface area (Å²) in [5.74, 6) is -1.55. The van der Waals surface area contributed by atoms with Crippen molar-refractivity contribution in [1.29, 1.82) is 0 Å². The molecule has 3 heterocycles. The monoisotopic (exact) mass is 530 g/mol. The zero-order chi connectivity index (χ0) is 26.1. The third-order valence-corrected chi connectivity index (χ3v) is 8.72. The Morgan fingerprint density at radius 3 is 2.54 bits per heavy atom. The number of hydrogen-bond acceptors (Lipinski definition) is 8. The lowest BCUT2D eigenvalue weighted by Gasteiger charge is -2.34. The van der Waals surface area contributed by atoms with Gasteiger partial charge in [-0.25, -0.2) is 4.98 Å². The lowest BCUT2D eigenvalue weighted by atomic mass is 10.5. The fourth-order valence-corrected chi connectivity index (χ4v) is 5.64. The molecule has 6 unspecified atom stereocenters. The molecule has 0 bridgehead atoms. The van der Waals surface area contributed by atoms with Crippen LogP contribution < -0.4 is 0 Å². The topological polar surface area (TPSA) is 109 Å². The zero-order valence-corrected chi connectivity index (χ0v) is 22.9. The van der Waals surface area contributed by atoms with Gasteiger partial charge >= 0.3 is 5.97 Å². The average molecular weight is 531 g/mol. The van der Waals surface area contributed by atoms with Crippen LogP contribution >= 0.6 is 11.3 Å². The molecule has 1 aromatic rings. The molecule has 0 amide bonds. The van der Waals surface area contributed by atoms with Gasteiger partial charge in [0.2, 0.25) is 0 Å². The normalized spacial score (nSPS) is 40.2. The number of fused-ring (bicyclic) bond motifs is 1. The van der Waals surface area contributed by atoms with E-state index in [0.717, 1.165) is 35.5 Å². The highest BCUT2D eigenvalue weighted by Gasteiger charge is 2.53. The molecule has 8 atom stereocenters. The molecule has 7 nitrogen and oxygen atoms in total. The SMILES string of the molecule is C[13C]1([13CH3])[13C](=O)[13CH]([13CH3])[13CH](O)[13CH]([13CH3])[13CH2][13CH2][13CH2][13C@@]2([13CH3])O[13C@H]2[13CH2][13CH](/[13C]([13CH3])=C/c2cs[13c]([13CH3])n2)O[13C](=O)[13CH2][13CH]1O. The fourth-order valence-electron chi connectivity index (χ4n) is 5.07. The maximum Gasteiger partial charge on any atom is 0.309 e. The number of ether oxygens (including phenoxy) is 2. The number of cyclic esters (lactones) is 1. The van der Waals surface area contributed by atoms with Gasteiger partial charge in [0.15, 0.2) is 0 Å². The Kier molecular flexibility index (Phi) is 8.62. The van der Waals surface area contributed by atoms with Crippen LogP contribution in [0.4, 0.5) is 0 Å². The number of esters is 1. The lowest BCUT2D eigenvalue weighted by Crippen LogP contribution is -2.45. The van der Waals surface area contributed by atoms with E-state index in [9.17, 15) is 19.8 Å². The lowest BCUT2D eigenvalue weighted by molar-refractivity contribution is -0.154. The molecule has 3 rings (SSSR count). The molecule has 0 aromatic carbocycles. The van der Waals surface area contributed by atoms with Crippen LogP contribution in [0, 0.1) is 24.2 Å². The van der Waals surface area contributed by atoms with Gasteiger partial charge in [-0.2, -0.15) is 0 Å². The largest absolute Gasteiger partial charge is 0.458 e. The van der Waals surface area contributed by atoms with Crippen molar-refractivity contribution in [3.63, 3.8) is 0 Å². The number of nitrogens with zero attached hydrogens (tertiary/aromatic N) is 1. The van der Waals surface area contributed by atoms with Crippen molar-refractivity contribution in [3.8, 4) is 0 Å². The number of carbonyl (C=O) groups excluding carboxylic acids is 2. The van der Waals surface area contributed by atoms with Crippen LogP contribution in [0.1, 0.15) is 84.3 Å². The summed E-state index contributed by atoms with van der Waals surface area (Å²) in [5.41, 5.74) is 0.179. The first-order valence-corrected chi connectivity index (χ1v) is 13.5. The molecule has 35 heavy (non-hydrogen) atoms. The first-order chi connectivity index (χ1) is 16.2. The summed E-state index contributed by atoms with van der Waals surface area (Å²) in [4.78, 5) is 30.6. The minimum atomic E-state index is -1.23. The molecule has 2 fully saturated rings. The standard InChI is InChI=1S/C27H41NO6S/c1-15-9-8-10-27(7)22(34-27)12-20(16(2)11-19-14-35-18(4)28-19)33-23(30)13-21(29)26(5,6)25(32)17(3)24(15)31/h11,14-15,17,20-22,24,29,31H,8-10,12-13H2,1-7H3/b16-11+/t15?,17?,20?,21?,22-,24?,27+/m0/s1/i1+1,2+1,3+1,4+1,5+1,7+1,8+1,9+1,10+1,12+1,13+1,15+1,16+1,17+1,18+1,20+1,21+1,22+1,23+1,24+1,25+1,26+1,27+1/t15?,17?,20?,21?,22-,24?,26?,27+. The predicted molar refractivity (Wildman–Crippen MR) is 136 cm³/mol. The maximum atomic E-state index is 13.2. The quantitative estimate of drug-likeness (QED) is 0.330. The second-order valence-electron chi connectivity index (χ2n) is 11.3. The van der Waals surface area contributed by atoms with Crippen molar-refractivity contribution in [2.24, 2.45) is 17.3 Å². The number of aryl methyl sites for hydroxylation is 1. The molecule has 2 aliphatic heterocycles. The molecule has 2 saturated heterocycles. The Balaban J connectivity index is 1.85. The van der Waals surface area contributed by atoms with E-state index in [0.29, 0.717) is 6.42 Å². The van der Waals surface area contributed by atoms with Gasteiger partial charge in [-0.3, -0.25) is 9.59 Å². The Hall–Kier alpha value is -1.61. The van der Waals surface area contributed by atoms with Crippen LogP contribution in [0.15, 0.2) is 11.0 Å². The number of hydrogen-bond donors (Lipinski definition) is 2. The summed E-state index contributed by atoms with van der Waals surface area (Å²) in [6.45, 7) is 12.8. The summed E-state index contributed by atoms with van der Waals surface area (Å²) in [6.07, 6.45) is 1.98. The first-order valence-electron chi connectivity index (χ1n) is 12.6. The highest BCUT2D eigenvalue weighted by atomic mass is 32.1. The van der Waals surface area contributed by atoms with Gasteiger partial charge in [0.1, 0.15) is 11.9 Å². The van der Waals surface area contributed by atoms with Crippen molar-refractivity contribution in [1.82, 2.24) is 4.98 Å². The number of carbonyl (C=O) groups is 2. The highest BCUT2D eigenvalue weighted by Crippen LogP contribution is 2.45. The van der Waals surface area contributed by atoms with Gasteiger partial charge in [0.05, 0.1) is 46.5 Å². The molecule has 0 aliphatic carbocycles. The minimum absolute atomic E-state index is 0.0455. The van der Waals surface area contributed by atoms with Crippen molar-refractivity contribution in [3.05, 3.63) is 21.7 Å². The van der Waals surface area contributed by atoms with Crippen LogP contribution in [0.25, 0.3) is 6.08 Å². The molecule has 2 N–H and O–H groups in total. The van der Waals surface area contributed by atoms with Gasteiger partial charge in [-0.05, 0) is 51.2 Å². The van der Waals surface area contributed by atoms with Gasteiger partial charge in [0.25, 0.3) is 0 Å². The number of ketones is 1. The van der Waals surface area contributed by atoms with E-state index < -0.39 is 35.6 Å². The smallest absolute Gasteiger partial charge is 0.309 e. The summed E-state index contributed by atoms with van der Waals surface area (Å²) in [6, 6.07) is 0. The summed E-state index contributed by atoms with van der Waals surface area (Å²) >= 11 is 1.56. The van der Waals surface area contributed by atoms with Gasteiger partial charge < -0.3 is 19.7 Å². The van der Waals surface area contributed by atoms with Crippen LogP contribution in [0.2, 0.25) is 0 Å². The first kappa shape index (κ1) is 28.0. The Morgan fingerprint density at radius 2 is 1.91 bits per heavy atom. The molecule has 8 heteroatoms. The number of aromatic nitrogens is 1. The van der Waals surface area contributed by atoms with Crippen LogP contribution in [0.3, 0.4) is 0 Å². The highest BCUT2D eigenvalue weighted by molar-refractivity contribution is 7.09. The minimum Gasteiger partial charge on any atom is -0.458 e. The number of rotatable bonds is 2. The molecule has 196 valence electrons. The van der Waals surface area contributed by atoms with Crippen LogP contribution in [-0.4, -0.2) is 57.0 Å². The second-order valence-corrected chi connectivity index (χ2v) is 12.3. The van der Waals surface area contributed by atoms with Crippen molar-refractivity contribution in [2.45, 2.75) is 111 Å². The Morgan fingerprint density at radius 1 is 1.23 bits per heavy atom. The number of Topliss-reactive ketones (excluding diaryl/α,β-unsaturated/α-hetero) is 1. The van der Waals surface area contributed by atoms with Gasteiger partial charge in [-0.15, -0.1) is 11.3 Å². The van der Waals surface area contributed by atoms with Crippen LogP contribution in [-0.2, 0) is 19.1 Å². The average Bonchev–Trinajstić information content (AvgIpc) is 3.22. The van der Waals surface area contributed by atoms with E-state index >= 15 is 0 Å². The van der Waals surface area contributed by atoms with E-state index in [1.165, 1.54) is 0 Å². The molecule has 0 spiro atoms. The molecule has 0 saturated carbocycles. The number of thiazole rings is 1. The summed E-state index contributed by atoms with van der Waals surface area (Å²) in [5, 5.41) is 24.6. The van der Waals surface area contributed by atoms with Crippen LogP contribution in [0.5, 0.6) is 0 Å². The summed E-state index contributed by atoms with van der Waals surface area (Å²) < 4.78 is 11.9. The maximum absolute atomic E-state index is 13.2. The van der Waals surface area contributed by atoms with Crippen molar-refractivity contribution in [2.75, 3.05) is 0 Å². The molecular weight excluding hydrogens is 489 g/mol. The number of aliphatic hydroxyl groups is 2. The molecule has 0 radical (unpaired) electrons. The molecular formula is C27H41NO6S. The van der Waals surface area contributed by atoms with Crippen molar-refractivity contribution >= 4 is 29.2 Å². The Bertz CT molecular complexity index is 955. The molecule has 2 aliphatic rings. The fraction of sp³-hybridized carbons (Fsp3) is 0.741.